The number of rotatable bonds is 11. The minimum atomic E-state index is -2.66. The van der Waals surface area contributed by atoms with Crippen LogP contribution >= 0.6 is 11.9 Å². The van der Waals surface area contributed by atoms with Crippen LogP contribution in [0.2, 0.25) is 0 Å². The van der Waals surface area contributed by atoms with E-state index in [1.165, 1.54) is 24.8 Å². The lowest BCUT2D eigenvalue weighted by atomic mass is 9.93. The average Bonchev–Trinajstić information content (AvgIpc) is 3.75. The summed E-state index contributed by atoms with van der Waals surface area (Å²) in [5, 5.41) is 6.02. The van der Waals surface area contributed by atoms with Gasteiger partial charge in [-0.2, -0.15) is 0 Å². The average molecular weight is 604 g/mol. The Hall–Kier alpha value is -3.32. The van der Waals surface area contributed by atoms with Gasteiger partial charge in [-0.05, 0) is 73.4 Å². The normalized spacial score (nSPS) is 18.9. The molecule has 1 aromatic heterocycles. The maximum absolute atomic E-state index is 13.8. The van der Waals surface area contributed by atoms with Crippen molar-refractivity contribution >= 4 is 52.5 Å². The highest BCUT2D eigenvalue weighted by molar-refractivity contribution is 8.00. The van der Waals surface area contributed by atoms with Crippen LogP contribution in [0.4, 0.5) is 37.5 Å². The molecule has 1 aromatic carbocycles. The molecule has 0 radical (unpaired) electrons. The van der Waals surface area contributed by atoms with Gasteiger partial charge in [0.05, 0.1) is 23.5 Å². The van der Waals surface area contributed by atoms with Gasteiger partial charge in [0.2, 0.25) is 0 Å². The Labute approximate surface area is 249 Å². The first-order valence-electron chi connectivity index (χ1n) is 14.5. The quantitative estimate of drug-likeness (QED) is 0.165. The van der Waals surface area contributed by atoms with Gasteiger partial charge < -0.3 is 35.6 Å². The molecule has 13 heteroatoms. The Morgan fingerprint density at radius 2 is 1.74 bits per heavy atom. The SMILES string of the molecule is CNc1ccc(NC(=O)c2ccc(NSCCOC(=O)CN)cc2N2CCC3(CC2)CC3)nc1N1CCC(F)(F)CC1. The molecule has 3 heterocycles. The van der Waals surface area contributed by atoms with Crippen molar-refractivity contribution in [2.45, 2.75) is 44.4 Å². The van der Waals surface area contributed by atoms with Gasteiger partial charge in [-0.25, -0.2) is 13.8 Å². The molecule has 0 atom stereocenters. The van der Waals surface area contributed by atoms with Crippen molar-refractivity contribution in [1.29, 1.82) is 0 Å². The third-order valence-corrected chi connectivity index (χ3v) is 9.10. The Bertz CT molecular complexity index is 1270. The van der Waals surface area contributed by atoms with E-state index in [1.54, 1.807) is 25.2 Å². The maximum Gasteiger partial charge on any atom is 0.319 e. The molecule has 1 aliphatic carbocycles. The third-order valence-electron chi connectivity index (χ3n) is 8.35. The van der Waals surface area contributed by atoms with Crippen molar-refractivity contribution in [3.63, 3.8) is 0 Å². The molecule has 3 fully saturated rings. The van der Waals surface area contributed by atoms with E-state index in [9.17, 15) is 18.4 Å². The van der Waals surface area contributed by atoms with Gasteiger partial charge in [0.25, 0.3) is 11.8 Å². The Morgan fingerprint density at radius 3 is 2.40 bits per heavy atom. The van der Waals surface area contributed by atoms with Crippen LogP contribution in [0.15, 0.2) is 30.3 Å². The lowest BCUT2D eigenvalue weighted by molar-refractivity contribution is -0.141. The van der Waals surface area contributed by atoms with Crippen LogP contribution in [0.5, 0.6) is 0 Å². The number of halogens is 2. The van der Waals surface area contributed by atoms with E-state index in [-0.39, 0.29) is 45.0 Å². The molecule has 0 unspecified atom stereocenters. The minimum Gasteiger partial charge on any atom is -0.464 e. The summed E-state index contributed by atoms with van der Waals surface area (Å²) in [7, 11) is 1.76. The number of ether oxygens (including phenoxy) is 1. The van der Waals surface area contributed by atoms with Crippen LogP contribution in [0, 0.1) is 5.41 Å². The van der Waals surface area contributed by atoms with Gasteiger partial charge in [-0.3, -0.25) is 9.59 Å². The number of benzene rings is 1. The van der Waals surface area contributed by atoms with E-state index in [0.717, 1.165) is 37.3 Å². The maximum atomic E-state index is 13.8. The molecule has 3 aliphatic rings. The Morgan fingerprint density at radius 1 is 1.02 bits per heavy atom. The van der Waals surface area contributed by atoms with Crippen LogP contribution in [0.25, 0.3) is 0 Å². The fourth-order valence-electron chi connectivity index (χ4n) is 5.52. The second-order valence-corrected chi connectivity index (χ2v) is 12.1. The third kappa shape index (κ3) is 7.35. The smallest absolute Gasteiger partial charge is 0.319 e. The number of esters is 1. The van der Waals surface area contributed by atoms with Crippen molar-refractivity contribution in [1.82, 2.24) is 4.98 Å². The number of nitrogens with zero attached hydrogens (tertiary/aromatic N) is 3. The topological polar surface area (TPSA) is 125 Å². The van der Waals surface area contributed by atoms with Crippen molar-refractivity contribution in [3.05, 3.63) is 35.9 Å². The molecule has 2 aromatic rings. The molecule has 10 nitrogen and oxygen atoms in total. The summed E-state index contributed by atoms with van der Waals surface area (Å²) >= 11 is 1.40. The number of nitrogens with two attached hydrogens (primary N) is 1. The van der Waals surface area contributed by atoms with Gasteiger partial charge in [0.1, 0.15) is 12.4 Å². The highest BCUT2D eigenvalue weighted by Crippen LogP contribution is 2.54. The fraction of sp³-hybridized carbons (Fsp3) is 0.552. The predicted molar refractivity (Wildman–Crippen MR) is 164 cm³/mol. The first-order valence-corrected chi connectivity index (χ1v) is 15.4. The predicted octanol–water partition coefficient (Wildman–Crippen LogP) is 4.55. The van der Waals surface area contributed by atoms with Gasteiger partial charge in [-0.15, -0.1) is 0 Å². The Balaban J connectivity index is 1.31. The zero-order chi connectivity index (χ0) is 29.7. The fourth-order valence-corrected chi connectivity index (χ4v) is 6.08. The lowest BCUT2D eigenvalue weighted by Crippen LogP contribution is -2.40. The van der Waals surface area contributed by atoms with Gasteiger partial charge >= 0.3 is 5.97 Å². The van der Waals surface area contributed by atoms with E-state index < -0.39 is 11.9 Å². The lowest BCUT2D eigenvalue weighted by Gasteiger charge is -2.35. The number of hydrogen-bond acceptors (Lipinski definition) is 10. The van der Waals surface area contributed by atoms with E-state index in [1.807, 2.05) is 17.0 Å². The van der Waals surface area contributed by atoms with Gasteiger partial charge in [0.15, 0.2) is 5.82 Å². The molecule has 0 bridgehead atoms. The largest absolute Gasteiger partial charge is 0.464 e. The van der Waals surface area contributed by atoms with Crippen molar-refractivity contribution in [2.24, 2.45) is 11.1 Å². The second kappa shape index (κ2) is 12.9. The number of amides is 1. The molecule has 5 rings (SSSR count). The van der Waals surface area contributed by atoms with Crippen LogP contribution < -0.4 is 30.9 Å². The van der Waals surface area contributed by atoms with E-state index >= 15 is 0 Å². The molecule has 42 heavy (non-hydrogen) atoms. The number of carbonyl (C=O) groups excluding carboxylic acids is 2. The van der Waals surface area contributed by atoms with Crippen LogP contribution in [0.1, 0.15) is 48.9 Å². The van der Waals surface area contributed by atoms with E-state index in [0.29, 0.717) is 34.1 Å². The summed E-state index contributed by atoms with van der Waals surface area (Å²) in [5.74, 6) is -1.94. The molecule has 1 spiro atoms. The molecule has 2 saturated heterocycles. The van der Waals surface area contributed by atoms with Gasteiger partial charge in [0, 0.05) is 57.5 Å². The number of hydrogen-bond donors (Lipinski definition) is 4. The second-order valence-electron chi connectivity index (χ2n) is 11.2. The zero-order valence-corrected chi connectivity index (χ0v) is 24.7. The van der Waals surface area contributed by atoms with Crippen molar-refractivity contribution in [3.8, 4) is 0 Å². The molecule has 5 N–H and O–H groups in total. The summed E-state index contributed by atoms with van der Waals surface area (Å²) < 4.78 is 35.8. The Kier molecular flexibility index (Phi) is 9.26. The highest BCUT2D eigenvalue weighted by atomic mass is 32.2. The van der Waals surface area contributed by atoms with Crippen LogP contribution in [0.3, 0.4) is 0 Å². The number of piperidine rings is 2. The van der Waals surface area contributed by atoms with Crippen molar-refractivity contribution in [2.75, 3.05) is 77.3 Å². The molecule has 1 amide bonds. The van der Waals surface area contributed by atoms with Crippen molar-refractivity contribution < 1.29 is 23.1 Å². The number of alkyl halides is 2. The molecule has 228 valence electrons. The molecular formula is C29H39F2N7O3S. The zero-order valence-electron chi connectivity index (χ0n) is 23.9. The van der Waals surface area contributed by atoms with Gasteiger partial charge in [-0.1, -0.05) is 0 Å². The number of pyridine rings is 1. The minimum absolute atomic E-state index is 0.143. The first-order chi connectivity index (χ1) is 20.2. The van der Waals surface area contributed by atoms with E-state index in [2.05, 4.69) is 25.2 Å². The van der Waals surface area contributed by atoms with Crippen LogP contribution in [-0.2, 0) is 9.53 Å². The standard InChI is InChI=1S/C29H39F2N7O3S/c1-33-22-4-5-24(34-26(22)38-14-10-29(30,31)11-15-38)35-27(40)21-3-2-20(36-42-17-16-41-25(39)19-32)18-23(21)37-12-8-28(6-7-28)9-13-37/h2-5,18,33,36H,6-17,19,32H2,1H3,(H,34,35,40). The summed E-state index contributed by atoms with van der Waals surface area (Å²) in [6, 6.07) is 9.16. The number of carbonyl (C=O) groups is 2. The monoisotopic (exact) mass is 603 g/mol. The number of aromatic nitrogens is 1. The van der Waals surface area contributed by atoms with Crippen LogP contribution in [-0.4, -0.2) is 74.9 Å². The highest BCUT2D eigenvalue weighted by Gasteiger charge is 2.44. The molecular weight excluding hydrogens is 564 g/mol. The number of anilines is 5. The summed E-state index contributed by atoms with van der Waals surface area (Å²) in [6.07, 6.45) is 4.33. The number of nitrogens with one attached hydrogen (secondary N) is 3. The summed E-state index contributed by atoms with van der Waals surface area (Å²) in [5.41, 5.74) is 8.68. The van der Waals surface area contributed by atoms with E-state index in [4.69, 9.17) is 10.5 Å². The molecule has 1 saturated carbocycles. The summed E-state index contributed by atoms with van der Waals surface area (Å²) in [6.45, 7) is 2.24. The summed E-state index contributed by atoms with van der Waals surface area (Å²) in [4.78, 5) is 33.7. The first kappa shape index (κ1) is 30.1. The molecule has 2 aliphatic heterocycles.